The fourth-order valence-corrected chi connectivity index (χ4v) is 5.07. The van der Waals surface area contributed by atoms with Crippen molar-refractivity contribution in [3.8, 4) is 33.4 Å². The first kappa shape index (κ1) is 25.6. The average Bonchev–Trinajstić information content (AvgIpc) is 3.05. The van der Waals surface area contributed by atoms with E-state index in [2.05, 4.69) is 90.4 Å². The molecule has 5 nitrogen and oxygen atoms in total. The fourth-order valence-electron chi connectivity index (χ4n) is 5.07. The molecule has 0 aromatic heterocycles. The third kappa shape index (κ3) is 5.42. The van der Waals surface area contributed by atoms with Crippen molar-refractivity contribution >= 4 is 22.7 Å². The molecule has 41 heavy (non-hydrogen) atoms. The van der Waals surface area contributed by atoms with E-state index in [1.54, 1.807) is 12.1 Å². The molecule has 0 saturated heterocycles. The summed E-state index contributed by atoms with van der Waals surface area (Å²) in [5.41, 5.74) is 12.8. The van der Waals surface area contributed by atoms with E-state index >= 15 is 0 Å². The lowest BCUT2D eigenvalue weighted by Gasteiger charge is -2.31. The van der Waals surface area contributed by atoms with E-state index in [0.29, 0.717) is 0 Å². The molecule has 0 amide bonds. The summed E-state index contributed by atoms with van der Waals surface area (Å²) in [7, 11) is 0. The smallest absolute Gasteiger partial charge is 0.269 e. The summed E-state index contributed by atoms with van der Waals surface area (Å²) in [4.78, 5) is 10.9. The van der Waals surface area contributed by atoms with E-state index in [0.717, 1.165) is 50.4 Å². The largest absolute Gasteiger partial charge is 0.294 e. The van der Waals surface area contributed by atoms with Crippen LogP contribution in [0, 0.1) is 10.1 Å². The Hall–Kier alpha value is -5.68. The molecule has 5 heteroatoms. The Morgan fingerprint density at radius 1 is 0.512 bits per heavy atom. The van der Waals surface area contributed by atoms with Gasteiger partial charge in [-0.1, -0.05) is 115 Å². The molecule has 6 rings (SSSR count). The highest BCUT2D eigenvalue weighted by Gasteiger charge is 2.23. The Morgan fingerprint density at radius 2 is 1.00 bits per heavy atom. The number of nitrogens with one attached hydrogen (secondary N) is 1. The molecule has 1 N–H and O–H groups in total. The molecule has 0 radical (unpaired) electrons. The molecule has 0 aliphatic heterocycles. The van der Waals surface area contributed by atoms with Crippen molar-refractivity contribution < 1.29 is 4.92 Å². The fraction of sp³-hybridized carbons (Fsp3) is 0. The van der Waals surface area contributed by atoms with Gasteiger partial charge in [0.25, 0.3) is 5.69 Å². The maximum atomic E-state index is 11.3. The number of hydrogen-bond acceptors (Lipinski definition) is 4. The van der Waals surface area contributed by atoms with Crippen molar-refractivity contribution in [3.05, 3.63) is 168 Å². The van der Waals surface area contributed by atoms with E-state index in [1.165, 1.54) is 12.1 Å². The van der Waals surface area contributed by atoms with E-state index in [-0.39, 0.29) is 10.6 Å². The second kappa shape index (κ2) is 11.6. The predicted octanol–water partition coefficient (Wildman–Crippen LogP) is 9.76. The van der Waals surface area contributed by atoms with Crippen LogP contribution in [0.1, 0.15) is 0 Å². The minimum Gasteiger partial charge on any atom is -0.294 e. The summed E-state index contributed by atoms with van der Waals surface area (Å²) in [6, 6.07) is 52.2. The standard InChI is InChI=1S/C36H27N3O2/c40-39(41)32-23-21-30(22-24-32)37-38(31-19-11-4-12-20-31)34-26-25-33(27-13-5-1-6-14-27)35(28-15-7-2-8-16-28)36(34)29-17-9-3-10-18-29/h1-26,37H. The van der Waals surface area contributed by atoms with Crippen LogP contribution >= 0.6 is 0 Å². The number of rotatable bonds is 8. The first-order valence-corrected chi connectivity index (χ1v) is 13.4. The van der Waals surface area contributed by atoms with Gasteiger partial charge in [0, 0.05) is 17.7 Å². The minimum absolute atomic E-state index is 0.0466. The summed E-state index contributed by atoms with van der Waals surface area (Å²) in [5.74, 6) is 0. The molecule has 0 heterocycles. The molecule has 198 valence electrons. The molecular formula is C36H27N3O2. The van der Waals surface area contributed by atoms with Crippen LogP contribution in [0.15, 0.2) is 158 Å². The number of anilines is 3. The number of nitrogens with zero attached hydrogens (tertiary/aromatic N) is 2. The zero-order valence-electron chi connectivity index (χ0n) is 22.2. The number of hydrazine groups is 1. The van der Waals surface area contributed by atoms with Crippen LogP contribution < -0.4 is 10.4 Å². The second-order valence-electron chi connectivity index (χ2n) is 9.57. The Morgan fingerprint density at radius 3 is 1.54 bits per heavy atom. The van der Waals surface area contributed by atoms with Crippen molar-refractivity contribution in [2.24, 2.45) is 0 Å². The van der Waals surface area contributed by atoms with E-state index in [1.807, 2.05) is 53.5 Å². The Bertz CT molecular complexity index is 1760. The van der Waals surface area contributed by atoms with Crippen LogP contribution in [0.4, 0.5) is 22.7 Å². The molecule has 0 atom stereocenters. The van der Waals surface area contributed by atoms with Gasteiger partial charge in [-0.05, 0) is 58.1 Å². The molecule has 0 aliphatic carbocycles. The van der Waals surface area contributed by atoms with Gasteiger partial charge in [0.15, 0.2) is 0 Å². The minimum atomic E-state index is -0.388. The first-order chi connectivity index (χ1) is 20.2. The summed E-state index contributed by atoms with van der Waals surface area (Å²) in [6.45, 7) is 0. The number of non-ortho nitro benzene ring substituents is 1. The highest BCUT2D eigenvalue weighted by Crippen LogP contribution is 2.46. The number of hydrogen-bond donors (Lipinski definition) is 1. The number of para-hydroxylation sites is 1. The van der Waals surface area contributed by atoms with Crippen LogP contribution in [-0.2, 0) is 0 Å². The lowest BCUT2D eigenvalue weighted by atomic mass is 9.86. The van der Waals surface area contributed by atoms with Crippen molar-refractivity contribution in [1.82, 2.24) is 0 Å². The zero-order valence-corrected chi connectivity index (χ0v) is 22.2. The van der Waals surface area contributed by atoms with Crippen molar-refractivity contribution in [2.45, 2.75) is 0 Å². The molecule has 0 fully saturated rings. The van der Waals surface area contributed by atoms with Gasteiger partial charge < -0.3 is 0 Å². The number of benzene rings is 6. The second-order valence-corrected chi connectivity index (χ2v) is 9.57. The van der Waals surface area contributed by atoms with Gasteiger partial charge in [-0.3, -0.25) is 20.5 Å². The topological polar surface area (TPSA) is 58.4 Å². The maximum absolute atomic E-state index is 11.3. The van der Waals surface area contributed by atoms with Crippen LogP contribution in [0.2, 0.25) is 0 Å². The third-order valence-corrected chi connectivity index (χ3v) is 6.97. The van der Waals surface area contributed by atoms with Gasteiger partial charge >= 0.3 is 0 Å². The Kier molecular flexibility index (Phi) is 7.24. The summed E-state index contributed by atoms with van der Waals surface area (Å²) in [5, 5.41) is 13.3. The molecule has 0 spiro atoms. The van der Waals surface area contributed by atoms with Crippen molar-refractivity contribution in [1.29, 1.82) is 0 Å². The van der Waals surface area contributed by atoms with Gasteiger partial charge in [0.1, 0.15) is 0 Å². The van der Waals surface area contributed by atoms with Gasteiger partial charge in [-0.2, -0.15) is 0 Å². The number of nitro groups is 1. The molecule has 6 aromatic rings. The van der Waals surface area contributed by atoms with E-state index in [4.69, 9.17) is 0 Å². The predicted molar refractivity (Wildman–Crippen MR) is 168 cm³/mol. The maximum Gasteiger partial charge on any atom is 0.269 e. The molecule has 0 unspecified atom stereocenters. The van der Waals surface area contributed by atoms with Gasteiger partial charge in [-0.15, -0.1) is 0 Å². The van der Waals surface area contributed by atoms with Crippen LogP contribution in [0.3, 0.4) is 0 Å². The SMILES string of the molecule is O=[N+]([O-])c1ccc(NN(c2ccccc2)c2ccc(-c3ccccc3)c(-c3ccccc3)c2-c2ccccc2)cc1. The lowest BCUT2D eigenvalue weighted by Crippen LogP contribution is -2.25. The Labute approximate surface area is 239 Å². The van der Waals surface area contributed by atoms with Crippen molar-refractivity contribution in [2.75, 3.05) is 10.4 Å². The lowest BCUT2D eigenvalue weighted by molar-refractivity contribution is -0.384. The summed E-state index contributed by atoms with van der Waals surface area (Å²) < 4.78 is 0. The van der Waals surface area contributed by atoms with Crippen LogP contribution in [0.5, 0.6) is 0 Å². The van der Waals surface area contributed by atoms with Crippen LogP contribution in [-0.4, -0.2) is 4.92 Å². The van der Waals surface area contributed by atoms with E-state index < -0.39 is 0 Å². The highest BCUT2D eigenvalue weighted by atomic mass is 16.6. The number of nitro benzene ring substituents is 1. The van der Waals surface area contributed by atoms with Gasteiger partial charge in [-0.25, -0.2) is 0 Å². The third-order valence-electron chi connectivity index (χ3n) is 6.97. The van der Waals surface area contributed by atoms with E-state index in [9.17, 15) is 10.1 Å². The molecule has 0 aliphatic rings. The molecule has 0 bridgehead atoms. The highest BCUT2D eigenvalue weighted by molar-refractivity contribution is 6.01. The van der Waals surface area contributed by atoms with Gasteiger partial charge in [0.2, 0.25) is 0 Å². The van der Waals surface area contributed by atoms with Gasteiger partial charge in [0.05, 0.1) is 22.0 Å². The molecule has 6 aromatic carbocycles. The quantitative estimate of drug-likeness (QED) is 0.156. The summed E-state index contributed by atoms with van der Waals surface area (Å²) in [6.07, 6.45) is 0. The molecule has 0 saturated carbocycles. The normalized spacial score (nSPS) is 10.6. The first-order valence-electron chi connectivity index (χ1n) is 13.4. The van der Waals surface area contributed by atoms with Crippen molar-refractivity contribution in [3.63, 3.8) is 0 Å². The monoisotopic (exact) mass is 533 g/mol. The van der Waals surface area contributed by atoms with Crippen LogP contribution in [0.25, 0.3) is 33.4 Å². The summed E-state index contributed by atoms with van der Waals surface area (Å²) >= 11 is 0. The average molecular weight is 534 g/mol. The Balaban J connectivity index is 1.63. The zero-order chi connectivity index (χ0) is 28.0. The molecular weight excluding hydrogens is 506 g/mol.